The summed E-state index contributed by atoms with van der Waals surface area (Å²) in [6.07, 6.45) is -2.82. The third-order valence-electron chi connectivity index (χ3n) is 17.2. The lowest BCUT2D eigenvalue weighted by Gasteiger charge is -2.35. The SMILES string of the molecule is COc1ccc(-c2ccnn2Cc2ccc(C[C@H]3OC(=O)[C@H](CC(C)C)N(C)C(=O)[C@@H](C)OC(=O)[C@H](CC(C)C)N(C)C(=O)[C@@H](Cc4ccc(Cn5nccc5-c5ccc(OC)cc5)cc4)OC(=O)[C@H](CC(C)C)N(C)C(=O)[C@@H](C)OC(=O)[C@H](CC(C)C)N(C)C3=O)cc2)cc1. The van der Waals surface area contributed by atoms with Gasteiger partial charge in [0.05, 0.1) is 38.7 Å². The minimum atomic E-state index is -1.57. The van der Waals surface area contributed by atoms with Crippen LogP contribution in [0.25, 0.3) is 22.5 Å². The normalized spacial score (nSPS) is 21.2. The minimum Gasteiger partial charge on any atom is -0.497 e. The van der Waals surface area contributed by atoms with Crippen molar-refractivity contribution in [3.05, 3.63) is 144 Å². The van der Waals surface area contributed by atoms with E-state index in [1.54, 1.807) is 26.6 Å². The van der Waals surface area contributed by atoms with Crippen LogP contribution in [0.5, 0.6) is 11.5 Å². The summed E-state index contributed by atoms with van der Waals surface area (Å²) in [5.41, 5.74) is 6.56. The third-order valence-corrected chi connectivity index (χ3v) is 17.2. The summed E-state index contributed by atoms with van der Waals surface area (Å²) in [4.78, 5) is 124. The second-order valence-electron chi connectivity index (χ2n) is 26.6. The third kappa shape index (κ3) is 19.4. The molecule has 6 aromatic rings. The Morgan fingerprint density at radius 3 is 0.927 bits per heavy atom. The molecule has 0 saturated carbocycles. The van der Waals surface area contributed by atoms with Gasteiger partial charge in [0.2, 0.25) is 0 Å². The van der Waals surface area contributed by atoms with Crippen molar-refractivity contribution in [2.24, 2.45) is 23.7 Å². The molecule has 1 aliphatic heterocycles. The molecule has 4 aromatic carbocycles. The highest BCUT2D eigenvalue weighted by molar-refractivity contribution is 5.94. The zero-order chi connectivity index (χ0) is 70.2. The van der Waals surface area contributed by atoms with Crippen molar-refractivity contribution in [3.8, 4) is 34.0 Å². The van der Waals surface area contributed by atoms with Gasteiger partial charge in [0.1, 0.15) is 35.7 Å². The Hall–Kier alpha value is -9.34. The van der Waals surface area contributed by atoms with E-state index in [9.17, 15) is 28.8 Å². The molecule has 96 heavy (non-hydrogen) atoms. The highest BCUT2D eigenvalue weighted by Crippen LogP contribution is 2.28. The Balaban J connectivity index is 1.23. The molecule has 0 spiro atoms. The van der Waals surface area contributed by atoms with Gasteiger partial charge in [0, 0.05) is 64.6 Å². The highest BCUT2D eigenvalue weighted by atomic mass is 16.6. The van der Waals surface area contributed by atoms with Gasteiger partial charge >= 0.3 is 23.9 Å². The van der Waals surface area contributed by atoms with Gasteiger partial charge in [0.15, 0.2) is 24.4 Å². The molecule has 7 rings (SSSR count). The highest BCUT2D eigenvalue weighted by Gasteiger charge is 2.43. The van der Waals surface area contributed by atoms with Crippen molar-refractivity contribution >= 4 is 47.5 Å². The predicted octanol–water partition coefficient (Wildman–Crippen LogP) is 9.51. The van der Waals surface area contributed by atoms with Crippen molar-refractivity contribution in [2.45, 2.75) is 169 Å². The van der Waals surface area contributed by atoms with E-state index < -0.39 is 96.1 Å². The Kier molecular flexibility index (Phi) is 26.1. The van der Waals surface area contributed by atoms with Crippen molar-refractivity contribution < 1.29 is 66.8 Å². The number of amides is 4. The summed E-state index contributed by atoms with van der Waals surface area (Å²) in [6.45, 7) is 18.3. The number of nitrogens with zero attached hydrogens (tertiary/aromatic N) is 8. The molecule has 0 bridgehead atoms. The topological polar surface area (TPSA) is 241 Å². The average Bonchev–Trinajstić information content (AvgIpc) is 1.15. The molecule has 4 amide bonds. The maximum absolute atomic E-state index is 15.2. The minimum absolute atomic E-state index is 0.0612. The molecular formula is C74H96N8O14. The quantitative estimate of drug-likeness (QED) is 0.0510. The first kappa shape index (κ1) is 74.1. The molecule has 1 fully saturated rings. The fraction of sp³-hybridized carbons (Fsp3) is 0.486. The first-order valence-electron chi connectivity index (χ1n) is 32.9. The van der Waals surface area contributed by atoms with Crippen LogP contribution in [0, 0.1) is 23.7 Å². The Morgan fingerprint density at radius 1 is 0.375 bits per heavy atom. The summed E-state index contributed by atoms with van der Waals surface area (Å²) in [5, 5.41) is 9.14. The Labute approximate surface area is 564 Å². The summed E-state index contributed by atoms with van der Waals surface area (Å²) in [5.74, 6) is -6.22. The fourth-order valence-corrected chi connectivity index (χ4v) is 11.7. The van der Waals surface area contributed by atoms with Gasteiger partial charge in [-0.2, -0.15) is 10.2 Å². The summed E-state index contributed by atoms with van der Waals surface area (Å²) < 4.78 is 38.9. The van der Waals surface area contributed by atoms with Crippen LogP contribution in [0.15, 0.2) is 122 Å². The number of methoxy groups -OCH3 is 2. The van der Waals surface area contributed by atoms with Crippen LogP contribution in [0.3, 0.4) is 0 Å². The number of ether oxygens (including phenoxy) is 6. The van der Waals surface area contributed by atoms with E-state index in [0.29, 0.717) is 24.2 Å². The molecule has 516 valence electrons. The van der Waals surface area contributed by atoms with E-state index in [-0.39, 0.29) is 62.2 Å². The lowest BCUT2D eigenvalue weighted by molar-refractivity contribution is -0.176. The van der Waals surface area contributed by atoms with Crippen LogP contribution in [-0.2, 0) is 83.2 Å². The molecule has 8 atom stereocenters. The molecule has 0 N–H and O–H groups in total. The lowest BCUT2D eigenvalue weighted by Crippen LogP contribution is -2.55. The average molecular weight is 1320 g/mol. The monoisotopic (exact) mass is 1320 g/mol. The number of hydrogen-bond donors (Lipinski definition) is 0. The molecule has 22 heteroatoms. The van der Waals surface area contributed by atoms with Gasteiger partial charge in [-0.05, 0) is 146 Å². The number of cyclic esters (lactones) is 4. The lowest BCUT2D eigenvalue weighted by atomic mass is 9.99. The van der Waals surface area contributed by atoms with E-state index in [2.05, 4.69) is 10.2 Å². The van der Waals surface area contributed by atoms with Crippen LogP contribution >= 0.6 is 0 Å². The zero-order valence-electron chi connectivity index (χ0n) is 58.4. The number of likely N-dealkylation sites (N-methyl/N-ethyl adjacent to an activating group) is 4. The van der Waals surface area contributed by atoms with Crippen molar-refractivity contribution in [3.63, 3.8) is 0 Å². The molecule has 1 saturated heterocycles. The molecular weight excluding hydrogens is 1220 g/mol. The molecule has 2 aromatic heterocycles. The predicted molar refractivity (Wildman–Crippen MR) is 362 cm³/mol. The maximum atomic E-state index is 15.2. The van der Waals surface area contributed by atoms with Crippen LogP contribution in [0.4, 0.5) is 0 Å². The number of rotatable bonds is 20. The second kappa shape index (κ2) is 33.9. The van der Waals surface area contributed by atoms with Gasteiger partial charge in [-0.25, -0.2) is 19.2 Å². The van der Waals surface area contributed by atoms with Crippen LogP contribution in [-0.4, -0.2) is 178 Å². The molecule has 1 aliphatic rings. The molecule has 0 aliphatic carbocycles. The number of carbonyl (C=O) groups is 8. The smallest absolute Gasteiger partial charge is 0.329 e. The molecule has 3 heterocycles. The Morgan fingerprint density at radius 2 is 0.646 bits per heavy atom. The van der Waals surface area contributed by atoms with E-state index in [0.717, 1.165) is 64.7 Å². The summed E-state index contributed by atoms with van der Waals surface area (Å²) in [7, 11) is 8.78. The van der Waals surface area contributed by atoms with E-state index in [1.807, 2.05) is 174 Å². The van der Waals surface area contributed by atoms with Crippen molar-refractivity contribution in [1.82, 2.24) is 39.2 Å². The van der Waals surface area contributed by atoms with E-state index in [1.165, 1.54) is 42.0 Å². The van der Waals surface area contributed by atoms with Crippen LogP contribution in [0.2, 0.25) is 0 Å². The number of esters is 4. The standard InChI is InChI=1S/C74H96N8O14/c1-45(2)37-61-71(87)93-49(9)67(83)77(11)64(40-48(7)8)74(90)96-66(42-52-19-23-54(24-20-52)44-82-60(34-36-76-82)56-27-31-58(92-16)32-28-56)70(86)80(14)62(38-46(3)4)72(88)94-50(10)68(84)78(12)63(39-47(5)6)73(89)95-65(69(85)79(61)13)41-51-17-21-53(22-18-51)43-81-59(33-35-75-81)55-25-29-57(91-15)30-26-55/h17-36,45-50,61-66H,37-44H2,1-16H3/t49-,50-,61+,62+,63+,64+,65-,66-/m1/s1. The molecule has 0 radical (unpaired) electrons. The molecule has 22 nitrogen and oxygen atoms in total. The number of aromatic nitrogens is 4. The van der Waals surface area contributed by atoms with Gasteiger partial charge in [-0.1, -0.05) is 104 Å². The van der Waals surface area contributed by atoms with Crippen LogP contribution in [0.1, 0.15) is 117 Å². The van der Waals surface area contributed by atoms with Gasteiger partial charge in [-0.15, -0.1) is 0 Å². The summed E-state index contributed by atoms with van der Waals surface area (Å²) in [6, 6.07) is 28.6. The van der Waals surface area contributed by atoms with E-state index in [4.69, 9.17) is 28.4 Å². The number of hydrogen-bond acceptors (Lipinski definition) is 16. The molecule has 0 unspecified atom stereocenters. The van der Waals surface area contributed by atoms with Crippen molar-refractivity contribution in [1.29, 1.82) is 0 Å². The first-order valence-corrected chi connectivity index (χ1v) is 32.9. The van der Waals surface area contributed by atoms with Gasteiger partial charge in [0.25, 0.3) is 23.6 Å². The zero-order valence-corrected chi connectivity index (χ0v) is 58.4. The Bertz CT molecular complexity index is 3350. The van der Waals surface area contributed by atoms with Crippen molar-refractivity contribution in [2.75, 3.05) is 42.4 Å². The maximum Gasteiger partial charge on any atom is 0.329 e. The van der Waals surface area contributed by atoms with Gasteiger partial charge in [-0.3, -0.25) is 28.5 Å². The number of carbonyl (C=O) groups excluding carboxylic acids is 8. The van der Waals surface area contributed by atoms with Crippen LogP contribution < -0.4 is 9.47 Å². The largest absolute Gasteiger partial charge is 0.497 e. The fourth-order valence-electron chi connectivity index (χ4n) is 11.7. The summed E-state index contributed by atoms with van der Waals surface area (Å²) >= 11 is 0. The van der Waals surface area contributed by atoms with E-state index >= 15 is 9.59 Å². The van der Waals surface area contributed by atoms with Gasteiger partial charge < -0.3 is 48.0 Å². The first-order chi connectivity index (χ1) is 45.6. The second-order valence-corrected chi connectivity index (χ2v) is 26.6. The number of benzene rings is 4.